The van der Waals surface area contributed by atoms with E-state index < -0.39 is 5.91 Å². The van der Waals surface area contributed by atoms with Gasteiger partial charge in [0.1, 0.15) is 17.0 Å². The Morgan fingerprint density at radius 1 is 1.18 bits per heavy atom. The lowest BCUT2D eigenvalue weighted by Crippen LogP contribution is -2.28. The van der Waals surface area contributed by atoms with E-state index in [1.54, 1.807) is 12.1 Å². The number of nitrogens with zero attached hydrogens (tertiary/aromatic N) is 4. The van der Waals surface area contributed by atoms with Crippen molar-refractivity contribution in [3.8, 4) is 22.1 Å². The Bertz CT molecular complexity index is 1160. The summed E-state index contributed by atoms with van der Waals surface area (Å²) < 4.78 is 11.4. The predicted molar refractivity (Wildman–Crippen MR) is 130 cm³/mol. The maximum atomic E-state index is 13.1. The van der Waals surface area contributed by atoms with Crippen molar-refractivity contribution in [1.29, 1.82) is 0 Å². The van der Waals surface area contributed by atoms with E-state index in [2.05, 4.69) is 25.5 Å². The quantitative estimate of drug-likeness (QED) is 0.451. The van der Waals surface area contributed by atoms with Gasteiger partial charge in [-0.15, -0.1) is 5.10 Å². The van der Waals surface area contributed by atoms with Gasteiger partial charge in [-0.3, -0.25) is 15.1 Å². The maximum absolute atomic E-state index is 13.1. The van der Waals surface area contributed by atoms with Crippen molar-refractivity contribution in [2.45, 2.75) is 51.7 Å². The lowest BCUT2D eigenvalue weighted by atomic mass is 9.84. The maximum Gasteiger partial charge on any atom is 0.296 e. The zero-order chi connectivity index (χ0) is 24.2. The molecule has 3 aromatic rings. The van der Waals surface area contributed by atoms with Crippen LogP contribution >= 0.6 is 22.9 Å². The van der Waals surface area contributed by atoms with E-state index in [1.807, 2.05) is 13.8 Å². The summed E-state index contributed by atoms with van der Waals surface area (Å²) in [5.74, 6) is 0.411. The molecule has 34 heavy (non-hydrogen) atoms. The number of aromatic nitrogens is 4. The summed E-state index contributed by atoms with van der Waals surface area (Å²) in [6.45, 7) is 3.67. The number of carbonyl (C=O) groups excluding carboxylic acids is 1. The first-order valence-corrected chi connectivity index (χ1v) is 12.2. The monoisotopic (exact) mass is 503 g/mol. The van der Waals surface area contributed by atoms with E-state index in [0.29, 0.717) is 38.7 Å². The molecule has 0 aliphatic heterocycles. The Kier molecular flexibility index (Phi) is 7.60. The minimum Gasteiger partial charge on any atom is -0.494 e. The molecule has 3 aromatic heterocycles. The number of carbonyl (C=O) groups is 1. The smallest absolute Gasteiger partial charge is 0.296 e. The number of nitrogens with one attached hydrogen (secondary N) is 1. The van der Waals surface area contributed by atoms with Crippen LogP contribution in [0.3, 0.4) is 0 Å². The van der Waals surface area contributed by atoms with Gasteiger partial charge in [0.25, 0.3) is 11.1 Å². The van der Waals surface area contributed by atoms with Crippen molar-refractivity contribution < 1.29 is 19.4 Å². The second-order valence-corrected chi connectivity index (χ2v) is 9.63. The van der Waals surface area contributed by atoms with Crippen LogP contribution in [0.1, 0.15) is 48.7 Å². The summed E-state index contributed by atoms with van der Waals surface area (Å²) in [4.78, 5) is 21.5. The molecular formula is C23H26ClN5O4S. The molecule has 9 nitrogen and oxygen atoms in total. The van der Waals surface area contributed by atoms with Crippen molar-refractivity contribution in [3.63, 3.8) is 0 Å². The Hall–Kier alpha value is -2.82. The van der Waals surface area contributed by atoms with Gasteiger partial charge in [-0.1, -0.05) is 16.7 Å². The Morgan fingerprint density at radius 3 is 2.65 bits per heavy atom. The molecule has 1 fully saturated rings. The van der Waals surface area contributed by atoms with Crippen LogP contribution in [0.2, 0.25) is 5.15 Å². The number of aliphatic hydroxyl groups excluding tert-OH is 1. The first-order chi connectivity index (χ1) is 16.3. The van der Waals surface area contributed by atoms with Crippen molar-refractivity contribution in [2.24, 2.45) is 5.92 Å². The molecular weight excluding hydrogens is 478 g/mol. The standard InChI is InChI=1S/C23H26ClN5O4S/c1-12-8-16(17-9-20(24)26-11-19(17)32-3)18(10-25-12)21(31)27-22-28-29-23(34-22)33-15-6-4-14(5-7-15)13(2)30/h8-11,13-15,30H,4-7H2,1-3H3,(H,27,28,31)/t13-,14-,15+/m0/s1. The Morgan fingerprint density at radius 2 is 1.94 bits per heavy atom. The van der Waals surface area contributed by atoms with Crippen molar-refractivity contribution >= 4 is 34.0 Å². The van der Waals surface area contributed by atoms with Gasteiger partial charge in [-0.2, -0.15) is 0 Å². The summed E-state index contributed by atoms with van der Waals surface area (Å²) in [5, 5.41) is 21.7. The molecule has 0 saturated heterocycles. The highest BCUT2D eigenvalue weighted by Crippen LogP contribution is 2.35. The number of hydrogen-bond acceptors (Lipinski definition) is 9. The van der Waals surface area contributed by atoms with Gasteiger partial charge in [-0.25, -0.2) is 4.98 Å². The van der Waals surface area contributed by atoms with E-state index in [1.165, 1.54) is 30.8 Å². The average Bonchev–Trinajstić information content (AvgIpc) is 3.25. The fourth-order valence-electron chi connectivity index (χ4n) is 4.06. The number of hydrogen-bond donors (Lipinski definition) is 2. The molecule has 1 atom stereocenters. The minimum absolute atomic E-state index is 0.0308. The Balaban J connectivity index is 1.48. The summed E-state index contributed by atoms with van der Waals surface area (Å²) in [6.07, 6.45) is 6.28. The number of rotatable bonds is 7. The molecule has 180 valence electrons. The second kappa shape index (κ2) is 10.6. The molecule has 4 rings (SSSR count). The number of methoxy groups -OCH3 is 1. The van der Waals surface area contributed by atoms with Gasteiger partial charge in [0, 0.05) is 23.0 Å². The Labute approximate surface area is 206 Å². The van der Waals surface area contributed by atoms with E-state index in [4.69, 9.17) is 21.1 Å². The molecule has 1 amide bonds. The predicted octanol–water partition coefficient (Wildman–Crippen LogP) is 4.54. The molecule has 0 bridgehead atoms. The van der Waals surface area contributed by atoms with Gasteiger partial charge in [-0.05, 0) is 68.9 Å². The van der Waals surface area contributed by atoms with Gasteiger partial charge < -0.3 is 14.6 Å². The summed E-state index contributed by atoms with van der Waals surface area (Å²) >= 11 is 7.28. The molecule has 3 heterocycles. The number of amides is 1. The van der Waals surface area contributed by atoms with Crippen LogP contribution in [0.5, 0.6) is 10.9 Å². The number of anilines is 1. The molecule has 1 aliphatic carbocycles. The summed E-state index contributed by atoms with van der Waals surface area (Å²) in [5.41, 5.74) is 2.31. The third-order valence-corrected chi connectivity index (χ3v) is 6.86. The zero-order valence-electron chi connectivity index (χ0n) is 19.1. The topological polar surface area (TPSA) is 119 Å². The summed E-state index contributed by atoms with van der Waals surface area (Å²) in [6, 6.07) is 3.44. The number of ether oxygens (including phenoxy) is 2. The SMILES string of the molecule is COc1cnc(Cl)cc1-c1cc(C)ncc1C(=O)Nc1nnc(O[C@H]2CC[C@@H]([C@H](C)O)CC2)s1. The zero-order valence-corrected chi connectivity index (χ0v) is 20.7. The molecule has 1 aliphatic rings. The third-order valence-electron chi connectivity index (χ3n) is 5.92. The number of halogens is 1. The molecule has 0 aromatic carbocycles. The van der Waals surface area contributed by atoms with Gasteiger partial charge in [0.2, 0.25) is 5.13 Å². The highest BCUT2D eigenvalue weighted by molar-refractivity contribution is 7.17. The van der Waals surface area contributed by atoms with Gasteiger partial charge in [0.05, 0.1) is 25.0 Å². The highest BCUT2D eigenvalue weighted by atomic mass is 35.5. The number of pyridine rings is 2. The van der Waals surface area contributed by atoms with Gasteiger partial charge >= 0.3 is 0 Å². The number of aryl methyl sites for hydroxylation is 1. The molecule has 11 heteroatoms. The van der Waals surface area contributed by atoms with Crippen LogP contribution in [0.25, 0.3) is 11.1 Å². The van der Waals surface area contributed by atoms with Crippen LogP contribution in [0, 0.1) is 12.8 Å². The highest BCUT2D eigenvalue weighted by Gasteiger charge is 2.26. The molecule has 0 spiro atoms. The normalized spacial score (nSPS) is 18.9. The van der Waals surface area contributed by atoms with Crippen LogP contribution < -0.4 is 14.8 Å². The molecule has 0 radical (unpaired) electrons. The van der Waals surface area contributed by atoms with Crippen LogP contribution in [0.4, 0.5) is 5.13 Å². The van der Waals surface area contributed by atoms with Crippen molar-refractivity contribution in [1.82, 2.24) is 20.2 Å². The lowest BCUT2D eigenvalue weighted by Gasteiger charge is -2.29. The van der Waals surface area contributed by atoms with Crippen molar-refractivity contribution in [3.05, 3.63) is 40.9 Å². The fourth-order valence-corrected chi connectivity index (χ4v) is 4.87. The van der Waals surface area contributed by atoms with Gasteiger partial charge in [0.15, 0.2) is 0 Å². The lowest BCUT2D eigenvalue weighted by molar-refractivity contribution is 0.0606. The van der Waals surface area contributed by atoms with Crippen LogP contribution in [-0.2, 0) is 0 Å². The second-order valence-electron chi connectivity index (χ2n) is 8.30. The third kappa shape index (κ3) is 5.63. The van der Waals surface area contributed by atoms with E-state index in [-0.39, 0.29) is 17.4 Å². The number of aliphatic hydroxyl groups is 1. The summed E-state index contributed by atoms with van der Waals surface area (Å²) in [7, 11) is 1.53. The average molecular weight is 504 g/mol. The van der Waals surface area contributed by atoms with E-state index in [9.17, 15) is 9.90 Å². The minimum atomic E-state index is -0.391. The molecule has 2 N–H and O–H groups in total. The van der Waals surface area contributed by atoms with E-state index in [0.717, 1.165) is 31.4 Å². The molecule has 0 unspecified atom stereocenters. The van der Waals surface area contributed by atoms with Crippen LogP contribution in [-0.4, -0.2) is 50.5 Å². The van der Waals surface area contributed by atoms with E-state index >= 15 is 0 Å². The van der Waals surface area contributed by atoms with Crippen molar-refractivity contribution in [2.75, 3.05) is 12.4 Å². The molecule has 1 saturated carbocycles. The van der Waals surface area contributed by atoms with Crippen LogP contribution in [0.15, 0.2) is 24.5 Å². The largest absolute Gasteiger partial charge is 0.494 e. The first kappa shape index (κ1) is 24.3. The fraction of sp³-hybridized carbons (Fsp3) is 0.435. The first-order valence-electron chi connectivity index (χ1n) is 11.0.